The van der Waals surface area contributed by atoms with E-state index in [1.807, 2.05) is 20.8 Å². The number of ether oxygens (including phenoxy) is 2. The SMILES string of the molecule is Cc1cc(OCCOC(C)C)c(C(=O)O)s1. The van der Waals surface area contributed by atoms with Crippen molar-refractivity contribution in [2.24, 2.45) is 0 Å². The molecule has 0 amide bonds. The zero-order valence-electron chi connectivity index (χ0n) is 9.65. The molecule has 1 N–H and O–H groups in total. The molecule has 0 aliphatic heterocycles. The van der Waals surface area contributed by atoms with E-state index in [1.54, 1.807) is 6.07 Å². The molecule has 16 heavy (non-hydrogen) atoms. The molecule has 1 aromatic heterocycles. The van der Waals surface area contributed by atoms with E-state index >= 15 is 0 Å². The molecule has 0 aliphatic rings. The molecule has 0 bridgehead atoms. The number of hydrogen-bond donors (Lipinski definition) is 1. The quantitative estimate of drug-likeness (QED) is 0.781. The molecule has 0 radical (unpaired) electrons. The molecule has 0 fully saturated rings. The number of hydrogen-bond acceptors (Lipinski definition) is 4. The number of carboxylic acids is 1. The fourth-order valence-electron chi connectivity index (χ4n) is 1.18. The first-order valence-corrected chi connectivity index (χ1v) is 5.90. The molecule has 90 valence electrons. The highest BCUT2D eigenvalue weighted by molar-refractivity contribution is 7.14. The lowest BCUT2D eigenvalue weighted by Crippen LogP contribution is -2.12. The Kier molecular flexibility index (Phi) is 4.76. The van der Waals surface area contributed by atoms with Gasteiger partial charge < -0.3 is 14.6 Å². The summed E-state index contributed by atoms with van der Waals surface area (Å²) in [5.74, 6) is -0.514. The fraction of sp³-hybridized carbons (Fsp3) is 0.545. The summed E-state index contributed by atoms with van der Waals surface area (Å²) in [5, 5.41) is 8.92. The molecule has 1 aromatic rings. The van der Waals surface area contributed by atoms with Gasteiger partial charge in [-0.2, -0.15) is 0 Å². The summed E-state index contributed by atoms with van der Waals surface area (Å²) in [6.07, 6.45) is 0.159. The predicted octanol–water partition coefficient (Wildman–Crippen LogP) is 2.56. The van der Waals surface area contributed by atoms with Gasteiger partial charge in [0.2, 0.25) is 0 Å². The molecule has 0 aromatic carbocycles. The van der Waals surface area contributed by atoms with Crippen molar-refractivity contribution in [1.82, 2.24) is 0 Å². The lowest BCUT2D eigenvalue weighted by molar-refractivity contribution is 0.0541. The van der Waals surface area contributed by atoms with Crippen LogP contribution in [0.15, 0.2) is 6.07 Å². The number of thiophene rings is 1. The van der Waals surface area contributed by atoms with Crippen molar-refractivity contribution in [2.45, 2.75) is 26.9 Å². The molecule has 0 saturated carbocycles. The molecular formula is C11H16O4S. The normalized spacial score (nSPS) is 10.8. The van der Waals surface area contributed by atoms with Crippen LogP contribution in [0.5, 0.6) is 5.75 Å². The Labute approximate surface area is 98.8 Å². The minimum Gasteiger partial charge on any atom is -0.489 e. The monoisotopic (exact) mass is 244 g/mol. The van der Waals surface area contributed by atoms with Crippen molar-refractivity contribution in [2.75, 3.05) is 13.2 Å². The lowest BCUT2D eigenvalue weighted by atomic mass is 10.4. The van der Waals surface area contributed by atoms with E-state index in [9.17, 15) is 4.79 Å². The van der Waals surface area contributed by atoms with Gasteiger partial charge in [0.05, 0.1) is 12.7 Å². The Bertz CT molecular complexity index is 357. The summed E-state index contributed by atoms with van der Waals surface area (Å²) in [7, 11) is 0. The van der Waals surface area contributed by atoms with Gasteiger partial charge in [-0.25, -0.2) is 4.79 Å². The van der Waals surface area contributed by atoms with Crippen LogP contribution in [0.2, 0.25) is 0 Å². The van der Waals surface area contributed by atoms with E-state index in [1.165, 1.54) is 11.3 Å². The topological polar surface area (TPSA) is 55.8 Å². The Hall–Kier alpha value is -1.07. The van der Waals surface area contributed by atoms with Crippen LogP contribution in [0.25, 0.3) is 0 Å². The zero-order valence-corrected chi connectivity index (χ0v) is 10.5. The van der Waals surface area contributed by atoms with Gasteiger partial charge >= 0.3 is 5.97 Å². The van der Waals surface area contributed by atoms with E-state index in [-0.39, 0.29) is 11.0 Å². The largest absolute Gasteiger partial charge is 0.489 e. The maximum atomic E-state index is 10.9. The van der Waals surface area contributed by atoms with Crippen molar-refractivity contribution in [3.63, 3.8) is 0 Å². The van der Waals surface area contributed by atoms with Gasteiger partial charge in [-0.15, -0.1) is 11.3 Å². The van der Waals surface area contributed by atoms with E-state index in [0.29, 0.717) is 19.0 Å². The van der Waals surface area contributed by atoms with E-state index in [0.717, 1.165) is 4.88 Å². The predicted molar refractivity (Wildman–Crippen MR) is 62.6 cm³/mol. The number of aryl methyl sites for hydroxylation is 1. The minimum absolute atomic E-state index is 0.159. The van der Waals surface area contributed by atoms with Crippen molar-refractivity contribution >= 4 is 17.3 Å². The average molecular weight is 244 g/mol. The Morgan fingerprint density at radius 3 is 2.75 bits per heavy atom. The van der Waals surface area contributed by atoms with Crippen LogP contribution in [-0.2, 0) is 4.74 Å². The van der Waals surface area contributed by atoms with Gasteiger partial charge in [0.1, 0.15) is 12.4 Å². The Morgan fingerprint density at radius 1 is 1.50 bits per heavy atom. The highest BCUT2D eigenvalue weighted by Gasteiger charge is 2.14. The zero-order chi connectivity index (χ0) is 12.1. The van der Waals surface area contributed by atoms with Crippen LogP contribution in [-0.4, -0.2) is 30.4 Å². The molecule has 0 unspecified atom stereocenters. The summed E-state index contributed by atoms with van der Waals surface area (Å²) in [6.45, 7) is 6.57. The Balaban J connectivity index is 2.50. The second kappa shape index (κ2) is 5.86. The van der Waals surface area contributed by atoms with Gasteiger partial charge in [0, 0.05) is 4.88 Å². The number of carboxylic acid groups (broad SMARTS) is 1. The van der Waals surface area contributed by atoms with Gasteiger partial charge in [-0.05, 0) is 26.8 Å². The highest BCUT2D eigenvalue weighted by Crippen LogP contribution is 2.28. The maximum absolute atomic E-state index is 10.9. The van der Waals surface area contributed by atoms with Crippen molar-refractivity contribution < 1.29 is 19.4 Å². The van der Waals surface area contributed by atoms with E-state index < -0.39 is 5.97 Å². The average Bonchev–Trinajstić information content (AvgIpc) is 2.54. The molecule has 1 rings (SSSR count). The maximum Gasteiger partial charge on any atom is 0.349 e. The lowest BCUT2D eigenvalue weighted by Gasteiger charge is -2.08. The van der Waals surface area contributed by atoms with Crippen LogP contribution < -0.4 is 4.74 Å². The fourth-order valence-corrected chi connectivity index (χ4v) is 1.98. The van der Waals surface area contributed by atoms with Crippen LogP contribution in [0.1, 0.15) is 28.4 Å². The third-order valence-corrected chi connectivity index (χ3v) is 2.83. The smallest absolute Gasteiger partial charge is 0.349 e. The van der Waals surface area contributed by atoms with Gasteiger partial charge in [-0.1, -0.05) is 0 Å². The van der Waals surface area contributed by atoms with Crippen LogP contribution in [0.3, 0.4) is 0 Å². The summed E-state index contributed by atoms with van der Waals surface area (Å²) < 4.78 is 10.7. The molecule has 0 spiro atoms. The number of rotatable bonds is 6. The van der Waals surface area contributed by atoms with Crippen LogP contribution >= 0.6 is 11.3 Å². The second-order valence-electron chi connectivity index (χ2n) is 3.62. The van der Waals surface area contributed by atoms with Gasteiger partial charge in [-0.3, -0.25) is 0 Å². The second-order valence-corrected chi connectivity index (χ2v) is 4.88. The van der Waals surface area contributed by atoms with Crippen LogP contribution in [0, 0.1) is 6.92 Å². The van der Waals surface area contributed by atoms with Crippen molar-refractivity contribution in [1.29, 1.82) is 0 Å². The van der Waals surface area contributed by atoms with Gasteiger partial charge in [0.25, 0.3) is 0 Å². The summed E-state index contributed by atoms with van der Waals surface area (Å²) in [4.78, 5) is 12.1. The number of carbonyl (C=O) groups is 1. The summed E-state index contributed by atoms with van der Waals surface area (Å²) in [5.41, 5.74) is 0. The first-order chi connectivity index (χ1) is 7.50. The van der Waals surface area contributed by atoms with Gasteiger partial charge in [0.15, 0.2) is 4.88 Å². The third-order valence-electron chi connectivity index (χ3n) is 1.81. The van der Waals surface area contributed by atoms with Crippen molar-refractivity contribution in [3.05, 3.63) is 15.8 Å². The molecule has 5 heteroatoms. The molecule has 0 saturated heterocycles. The molecule has 1 heterocycles. The number of aromatic carboxylic acids is 1. The summed E-state index contributed by atoms with van der Waals surface area (Å²) in [6, 6.07) is 1.74. The van der Waals surface area contributed by atoms with Crippen LogP contribution in [0.4, 0.5) is 0 Å². The summed E-state index contributed by atoms with van der Waals surface area (Å²) >= 11 is 1.22. The molecule has 0 aliphatic carbocycles. The van der Waals surface area contributed by atoms with Crippen molar-refractivity contribution in [3.8, 4) is 5.75 Å². The molecule has 4 nitrogen and oxygen atoms in total. The first kappa shape index (κ1) is 13.0. The third kappa shape index (κ3) is 3.83. The Morgan fingerprint density at radius 2 is 2.19 bits per heavy atom. The molecular weight excluding hydrogens is 228 g/mol. The van der Waals surface area contributed by atoms with E-state index in [2.05, 4.69) is 0 Å². The first-order valence-electron chi connectivity index (χ1n) is 5.09. The van der Waals surface area contributed by atoms with E-state index in [4.69, 9.17) is 14.6 Å². The molecule has 0 atom stereocenters. The standard InChI is InChI=1S/C11H16O4S/c1-7(2)14-4-5-15-9-6-8(3)16-10(9)11(12)13/h6-7H,4-5H2,1-3H3,(H,12,13). The minimum atomic E-state index is -0.946. The highest BCUT2D eigenvalue weighted by atomic mass is 32.1.